The van der Waals surface area contributed by atoms with Crippen LogP contribution in [0.2, 0.25) is 0 Å². The standard InChI is InChI=1S/C15H24N2OS/c1-2-3-4-5-6-7-8-11-17-12-9-10-13(14(16)18)15(17)19/h9-10,12H,2-8,11H2,1H3,(H2,16,18). The van der Waals surface area contributed by atoms with Crippen LogP contribution in [0.5, 0.6) is 0 Å². The molecule has 0 fully saturated rings. The minimum absolute atomic E-state index is 0.445. The smallest absolute Gasteiger partial charge is 0.251 e. The van der Waals surface area contributed by atoms with Gasteiger partial charge in [0.05, 0.1) is 5.56 Å². The summed E-state index contributed by atoms with van der Waals surface area (Å²) in [6.45, 7) is 3.10. The Kier molecular flexibility index (Phi) is 7.41. The normalized spacial score (nSPS) is 10.6. The first kappa shape index (κ1) is 15.9. The number of pyridine rings is 1. The van der Waals surface area contributed by atoms with Crippen molar-refractivity contribution >= 4 is 18.1 Å². The first-order valence-electron chi connectivity index (χ1n) is 7.16. The van der Waals surface area contributed by atoms with Gasteiger partial charge < -0.3 is 10.3 Å². The SMILES string of the molecule is CCCCCCCCCn1cccc(C(N)=O)c1=S. The van der Waals surface area contributed by atoms with Crippen LogP contribution >= 0.6 is 12.2 Å². The molecule has 1 heterocycles. The van der Waals surface area contributed by atoms with E-state index in [1.165, 1.54) is 38.5 Å². The Morgan fingerprint density at radius 3 is 2.47 bits per heavy atom. The van der Waals surface area contributed by atoms with E-state index >= 15 is 0 Å². The molecule has 0 saturated carbocycles. The van der Waals surface area contributed by atoms with E-state index in [9.17, 15) is 4.79 Å². The van der Waals surface area contributed by atoms with Gasteiger partial charge in [-0.25, -0.2) is 0 Å². The lowest BCUT2D eigenvalue weighted by atomic mass is 10.1. The van der Waals surface area contributed by atoms with E-state index in [2.05, 4.69) is 6.92 Å². The summed E-state index contributed by atoms with van der Waals surface area (Å²) in [5.74, 6) is -0.445. The van der Waals surface area contributed by atoms with E-state index in [0.29, 0.717) is 10.2 Å². The van der Waals surface area contributed by atoms with Crippen molar-refractivity contribution < 1.29 is 4.79 Å². The van der Waals surface area contributed by atoms with Crippen molar-refractivity contribution in [3.8, 4) is 0 Å². The predicted molar refractivity (Wildman–Crippen MR) is 81.8 cm³/mol. The number of hydrogen-bond acceptors (Lipinski definition) is 2. The summed E-state index contributed by atoms with van der Waals surface area (Å²) in [7, 11) is 0. The fraction of sp³-hybridized carbons (Fsp3) is 0.600. The second-order valence-corrected chi connectivity index (χ2v) is 5.29. The number of aryl methyl sites for hydroxylation is 1. The lowest BCUT2D eigenvalue weighted by Gasteiger charge is -2.08. The molecule has 0 atom stereocenters. The second-order valence-electron chi connectivity index (χ2n) is 4.91. The van der Waals surface area contributed by atoms with Crippen molar-refractivity contribution in [1.29, 1.82) is 0 Å². The number of hydrogen-bond donors (Lipinski definition) is 1. The molecule has 0 spiro atoms. The van der Waals surface area contributed by atoms with Crippen LogP contribution < -0.4 is 5.73 Å². The highest BCUT2D eigenvalue weighted by Gasteiger charge is 2.04. The number of carbonyl (C=O) groups is 1. The molecular formula is C15H24N2OS. The van der Waals surface area contributed by atoms with E-state index < -0.39 is 5.91 Å². The van der Waals surface area contributed by atoms with Crippen molar-refractivity contribution in [2.24, 2.45) is 5.73 Å². The number of rotatable bonds is 9. The Morgan fingerprint density at radius 2 is 1.84 bits per heavy atom. The average molecular weight is 280 g/mol. The minimum atomic E-state index is -0.445. The van der Waals surface area contributed by atoms with E-state index in [0.717, 1.165) is 13.0 Å². The summed E-state index contributed by atoms with van der Waals surface area (Å²) < 4.78 is 2.50. The molecule has 0 bridgehead atoms. The van der Waals surface area contributed by atoms with Gasteiger partial charge >= 0.3 is 0 Å². The Hall–Kier alpha value is -1.16. The van der Waals surface area contributed by atoms with Crippen LogP contribution in [-0.4, -0.2) is 10.5 Å². The third-order valence-corrected chi connectivity index (χ3v) is 3.74. The molecule has 2 N–H and O–H groups in total. The Bertz CT molecular complexity index is 454. The third-order valence-electron chi connectivity index (χ3n) is 3.29. The lowest BCUT2D eigenvalue weighted by Crippen LogP contribution is -2.14. The van der Waals surface area contributed by atoms with Crippen LogP contribution in [0, 0.1) is 4.64 Å². The molecule has 1 aromatic heterocycles. The van der Waals surface area contributed by atoms with Crippen molar-refractivity contribution in [2.45, 2.75) is 58.4 Å². The molecule has 3 nitrogen and oxygen atoms in total. The van der Waals surface area contributed by atoms with E-state index in [1.807, 2.05) is 16.8 Å². The topological polar surface area (TPSA) is 48.0 Å². The van der Waals surface area contributed by atoms with Gasteiger partial charge in [0.2, 0.25) is 0 Å². The van der Waals surface area contributed by atoms with Gasteiger partial charge in [-0.15, -0.1) is 0 Å². The second kappa shape index (κ2) is 8.86. The van der Waals surface area contributed by atoms with Gasteiger partial charge in [0.15, 0.2) is 0 Å². The number of amides is 1. The molecule has 0 aromatic carbocycles. The molecule has 1 aromatic rings. The molecule has 19 heavy (non-hydrogen) atoms. The Morgan fingerprint density at radius 1 is 1.21 bits per heavy atom. The molecule has 0 unspecified atom stereocenters. The zero-order chi connectivity index (χ0) is 14.1. The van der Waals surface area contributed by atoms with Gasteiger partial charge in [-0.2, -0.15) is 0 Å². The molecule has 0 saturated heterocycles. The molecule has 4 heteroatoms. The number of nitrogens with two attached hydrogens (primary N) is 1. The molecule has 1 amide bonds. The maximum atomic E-state index is 11.2. The van der Waals surface area contributed by atoms with Crippen molar-refractivity contribution in [2.75, 3.05) is 0 Å². The highest BCUT2D eigenvalue weighted by Crippen LogP contribution is 2.09. The maximum absolute atomic E-state index is 11.2. The zero-order valence-corrected chi connectivity index (χ0v) is 12.5. The molecule has 1 rings (SSSR count). The van der Waals surface area contributed by atoms with Crippen LogP contribution in [0.1, 0.15) is 62.2 Å². The summed E-state index contributed by atoms with van der Waals surface area (Å²) in [5.41, 5.74) is 5.73. The summed E-state index contributed by atoms with van der Waals surface area (Å²) in [6.07, 6.45) is 10.8. The first-order valence-corrected chi connectivity index (χ1v) is 7.57. The van der Waals surface area contributed by atoms with Gasteiger partial charge in [-0.3, -0.25) is 4.79 Å². The highest BCUT2D eigenvalue weighted by atomic mass is 32.1. The quantitative estimate of drug-likeness (QED) is 0.547. The van der Waals surface area contributed by atoms with Crippen LogP contribution in [0.15, 0.2) is 18.3 Å². The summed E-state index contributed by atoms with van der Waals surface area (Å²) in [4.78, 5) is 11.2. The lowest BCUT2D eigenvalue weighted by molar-refractivity contribution is 0.0999. The molecular weight excluding hydrogens is 256 g/mol. The average Bonchev–Trinajstić information content (AvgIpc) is 2.39. The van der Waals surface area contributed by atoms with Gasteiger partial charge in [0.25, 0.3) is 5.91 Å². The summed E-state index contributed by atoms with van der Waals surface area (Å²) in [5, 5.41) is 0. The predicted octanol–water partition coefficient (Wildman–Crippen LogP) is 4.07. The van der Waals surface area contributed by atoms with Gasteiger partial charge in [-0.05, 0) is 18.6 Å². The van der Waals surface area contributed by atoms with Crippen LogP contribution in [-0.2, 0) is 6.54 Å². The monoisotopic (exact) mass is 280 g/mol. The van der Waals surface area contributed by atoms with Gasteiger partial charge in [0, 0.05) is 12.7 Å². The number of nitrogens with zero attached hydrogens (tertiary/aromatic N) is 1. The largest absolute Gasteiger partial charge is 0.366 e. The fourth-order valence-corrected chi connectivity index (χ4v) is 2.46. The first-order chi connectivity index (χ1) is 9.16. The van der Waals surface area contributed by atoms with Crippen molar-refractivity contribution in [1.82, 2.24) is 4.57 Å². The number of unbranched alkanes of at least 4 members (excludes halogenated alkanes) is 6. The van der Waals surface area contributed by atoms with Crippen LogP contribution in [0.3, 0.4) is 0 Å². The fourth-order valence-electron chi connectivity index (χ4n) is 2.14. The van der Waals surface area contributed by atoms with Gasteiger partial charge in [-0.1, -0.05) is 57.7 Å². The number of primary amides is 1. The molecule has 0 aliphatic carbocycles. The molecule has 0 aliphatic heterocycles. The van der Waals surface area contributed by atoms with Gasteiger partial charge in [0.1, 0.15) is 4.64 Å². The number of aromatic nitrogens is 1. The van der Waals surface area contributed by atoms with Crippen LogP contribution in [0.25, 0.3) is 0 Å². The van der Waals surface area contributed by atoms with E-state index in [1.54, 1.807) is 6.07 Å². The van der Waals surface area contributed by atoms with Crippen LogP contribution in [0.4, 0.5) is 0 Å². The number of carbonyl (C=O) groups excluding carboxylic acids is 1. The van der Waals surface area contributed by atoms with E-state index in [-0.39, 0.29) is 0 Å². The van der Waals surface area contributed by atoms with Crippen molar-refractivity contribution in [3.05, 3.63) is 28.5 Å². The molecule has 0 aliphatic rings. The zero-order valence-electron chi connectivity index (χ0n) is 11.7. The molecule has 0 radical (unpaired) electrons. The maximum Gasteiger partial charge on any atom is 0.251 e. The minimum Gasteiger partial charge on any atom is -0.366 e. The highest BCUT2D eigenvalue weighted by molar-refractivity contribution is 7.71. The summed E-state index contributed by atoms with van der Waals surface area (Å²) in [6, 6.07) is 3.52. The Balaban J connectivity index is 2.36. The molecule has 106 valence electrons. The Labute approximate surface area is 120 Å². The van der Waals surface area contributed by atoms with E-state index in [4.69, 9.17) is 18.0 Å². The van der Waals surface area contributed by atoms with Crippen molar-refractivity contribution in [3.63, 3.8) is 0 Å². The third kappa shape index (κ3) is 5.55. The summed E-state index contributed by atoms with van der Waals surface area (Å²) >= 11 is 5.27.